The maximum atomic E-state index is 4.35. The van der Waals surface area contributed by atoms with Crippen molar-refractivity contribution < 1.29 is 0 Å². The number of hydrogen-bond donors (Lipinski definition) is 1. The lowest BCUT2D eigenvalue weighted by molar-refractivity contribution is 1.04. The number of nitrogens with one attached hydrogen (secondary N) is 1. The number of aromatic nitrogens is 1. The molecule has 3 heteroatoms. The van der Waals surface area contributed by atoms with Gasteiger partial charge < -0.3 is 5.32 Å². The van der Waals surface area contributed by atoms with E-state index in [-0.39, 0.29) is 0 Å². The minimum Gasteiger partial charge on any atom is -0.379 e. The second kappa shape index (κ2) is 4.45. The van der Waals surface area contributed by atoms with Gasteiger partial charge in [0.2, 0.25) is 0 Å². The molecule has 0 fully saturated rings. The molecule has 0 saturated carbocycles. The van der Waals surface area contributed by atoms with Crippen LogP contribution in [0.4, 0.5) is 5.69 Å². The number of nitrogens with zero attached hydrogens (tertiary/aromatic N) is 1. The number of anilines is 1. The predicted molar refractivity (Wildman–Crippen MR) is 65.4 cm³/mol. The molecule has 0 radical (unpaired) electrons. The Bertz CT molecular complexity index is 431. The average molecular weight is 218 g/mol. The van der Waals surface area contributed by atoms with Crippen LogP contribution in [0.3, 0.4) is 0 Å². The van der Waals surface area contributed by atoms with E-state index >= 15 is 0 Å². The molecule has 2 aromatic heterocycles. The second-order valence-electron chi connectivity index (χ2n) is 3.65. The zero-order valence-electron chi connectivity index (χ0n) is 8.95. The Labute approximate surface area is 94.0 Å². The lowest BCUT2D eigenvalue weighted by Gasteiger charge is -2.05. The molecule has 0 bridgehead atoms. The van der Waals surface area contributed by atoms with Crippen LogP contribution in [0.15, 0.2) is 29.1 Å². The van der Waals surface area contributed by atoms with Crippen molar-refractivity contribution in [3.8, 4) is 0 Å². The van der Waals surface area contributed by atoms with Crippen LogP contribution in [0.5, 0.6) is 0 Å². The normalized spacial score (nSPS) is 10.3. The molecule has 2 aromatic rings. The Kier molecular flexibility index (Phi) is 3.02. The molecule has 0 saturated heterocycles. The van der Waals surface area contributed by atoms with Crippen LogP contribution < -0.4 is 5.32 Å². The summed E-state index contributed by atoms with van der Waals surface area (Å²) in [5.74, 6) is 0. The maximum absolute atomic E-state index is 4.35. The molecular weight excluding hydrogens is 204 g/mol. The molecule has 0 aliphatic rings. The molecule has 0 aliphatic carbocycles. The predicted octanol–water partition coefficient (Wildman–Crippen LogP) is 3.37. The molecule has 0 spiro atoms. The van der Waals surface area contributed by atoms with E-state index in [0.29, 0.717) is 0 Å². The van der Waals surface area contributed by atoms with E-state index in [1.165, 1.54) is 16.8 Å². The first-order valence-corrected chi connectivity index (χ1v) is 5.88. The Hall–Kier alpha value is -1.35. The van der Waals surface area contributed by atoms with E-state index in [4.69, 9.17) is 0 Å². The number of thiophene rings is 1. The molecule has 0 unspecified atom stereocenters. The molecule has 78 valence electrons. The number of aryl methyl sites for hydroxylation is 2. The van der Waals surface area contributed by atoms with Gasteiger partial charge in [0.1, 0.15) is 0 Å². The van der Waals surface area contributed by atoms with Gasteiger partial charge in [0.05, 0.1) is 12.2 Å². The van der Waals surface area contributed by atoms with Crippen molar-refractivity contribution in [1.29, 1.82) is 0 Å². The molecule has 1 N–H and O–H groups in total. The molecule has 0 aliphatic heterocycles. The molecule has 0 atom stereocenters. The van der Waals surface area contributed by atoms with E-state index in [1.54, 1.807) is 11.3 Å². The van der Waals surface area contributed by atoms with Gasteiger partial charge >= 0.3 is 0 Å². The fourth-order valence-corrected chi connectivity index (χ4v) is 2.13. The Morgan fingerprint density at radius 2 is 2.13 bits per heavy atom. The van der Waals surface area contributed by atoms with Crippen molar-refractivity contribution in [3.05, 3.63) is 45.9 Å². The van der Waals surface area contributed by atoms with Crippen LogP contribution in [0.1, 0.15) is 16.8 Å². The Morgan fingerprint density at radius 3 is 2.73 bits per heavy atom. The van der Waals surface area contributed by atoms with Crippen molar-refractivity contribution in [2.24, 2.45) is 0 Å². The first-order valence-electron chi connectivity index (χ1n) is 4.94. The van der Waals surface area contributed by atoms with Gasteiger partial charge in [0.25, 0.3) is 0 Å². The van der Waals surface area contributed by atoms with Crippen LogP contribution in [-0.4, -0.2) is 4.98 Å². The van der Waals surface area contributed by atoms with E-state index in [2.05, 4.69) is 40.1 Å². The highest BCUT2D eigenvalue weighted by Gasteiger charge is 1.99. The summed E-state index contributed by atoms with van der Waals surface area (Å²) in [5, 5.41) is 7.65. The molecule has 15 heavy (non-hydrogen) atoms. The second-order valence-corrected chi connectivity index (χ2v) is 4.39. The molecule has 2 heterocycles. The average Bonchev–Trinajstić information content (AvgIpc) is 2.63. The van der Waals surface area contributed by atoms with Crippen molar-refractivity contribution in [1.82, 2.24) is 4.98 Å². The van der Waals surface area contributed by atoms with Gasteiger partial charge in [0, 0.05) is 17.3 Å². The summed E-state index contributed by atoms with van der Waals surface area (Å²) in [4.78, 5) is 4.35. The molecule has 0 amide bonds. The third kappa shape index (κ3) is 2.57. The fourth-order valence-electron chi connectivity index (χ4n) is 1.33. The van der Waals surface area contributed by atoms with Gasteiger partial charge in [-0.25, -0.2) is 0 Å². The Morgan fingerprint density at radius 1 is 1.27 bits per heavy atom. The third-order valence-electron chi connectivity index (χ3n) is 2.29. The zero-order valence-corrected chi connectivity index (χ0v) is 9.77. The van der Waals surface area contributed by atoms with Gasteiger partial charge in [-0.05, 0) is 36.4 Å². The number of pyridine rings is 1. The third-order valence-corrected chi connectivity index (χ3v) is 3.15. The first-order chi connectivity index (χ1) is 7.25. The minimum absolute atomic E-state index is 0.790. The van der Waals surface area contributed by atoms with Crippen LogP contribution >= 0.6 is 11.3 Å². The van der Waals surface area contributed by atoms with Gasteiger partial charge in [-0.1, -0.05) is 6.07 Å². The van der Waals surface area contributed by atoms with Crippen molar-refractivity contribution in [3.63, 3.8) is 0 Å². The van der Waals surface area contributed by atoms with Gasteiger partial charge in [-0.3, -0.25) is 4.98 Å². The summed E-state index contributed by atoms with van der Waals surface area (Å²) in [6.45, 7) is 4.95. The van der Waals surface area contributed by atoms with E-state index < -0.39 is 0 Å². The number of hydrogen-bond acceptors (Lipinski definition) is 3. The highest BCUT2D eigenvalue weighted by atomic mass is 32.1. The van der Waals surface area contributed by atoms with Gasteiger partial charge in [-0.15, -0.1) is 11.3 Å². The quantitative estimate of drug-likeness (QED) is 0.854. The first kappa shape index (κ1) is 10.2. The zero-order chi connectivity index (χ0) is 10.7. The van der Waals surface area contributed by atoms with Gasteiger partial charge in [0.15, 0.2) is 0 Å². The summed E-state index contributed by atoms with van der Waals surface area (Å²) >= 11 is 1.72. The van der Waals surface area contributed by atoms with E-state index in [0.717, 1.165) is 12.2 Å². The molecular formula is C12H14N2S. The summed E-state index contributed by atoms with van der Waals surface area (Å²) < 4.78 is 0. The monoisotopic (exact) mass is 218 g/mol. The van der Waals surface area contributed by atoms with E-state index in [9.17, 15) is 0 Å². The van der Waals surface area contributed by atoms with Crippen molar-refractivity contribution in [2.45, 2.75) is 20.4 Å². The largest absolute Gasteiger partial charge is 0.379 e. The van der Waals surface area contributed by atoms with Crippen LogP contribution in [0.25, 0.3) is 0 Å². The van der Waals surface area contributed by atoms with Crippen LogP contribution in [0, 0.1) is 13.8 Å². The SMILES string of the molecule is Cc1ccc(CNc2cscc2C)nc1. The summed E-state index contributed by atoms with van der Waals surface area (Å²) in [5.41, 5.74) is 4.78. The number of rotatable bonds is 3. The lowest BCUT2D eigenvalue weighted by Crippen LogP contribution is -2.01. The van der Waals surface area contributed by atoms with Crippen LogP contribution in [-0.2, 0) is 6.54 Å². The topological polar surface area (TPSA) is 24.9 Å². The smallest absolute Gasteiger partial charge is 0.0594 e. The highest BCUT2D eigenvalue weighted by Crippen LogP contribution is 2.19. The summed E-state index contributed by atoms with van der Waals surface area (Å²) in [7, 11) is 0. The van der Waals surface area contributed by atoms with Gasteiger partial charge in [-0.2, -0.15) is 0 Å². The highest BCUT2D eigenvalue weighted by molar-refractivity contribution is 7.08. The minimum atomic E-state index is 0.790. The van der Waals surface area contributed by atoms with Crippen LogP contribution in [0.2, 0.25) is 0 Å². The standard InChI is InChI=1S/C12H14N2S/c1-9-3-4-11(13-5-9)6-14-12-8-15-7-10(12)2/h3-5,7-8,14H,6H2,1-2H3. The fraction of sp³-hybridized carbons (Fsp3) is 0.250. The van der Waals surface area contributed by atoms with E-state index in [1.807, 2.05) is 13.1 Å². The lowest BCUT2D eigenvalue weighted by atomic mass is 10.2. The molecule has 2 nitrogen and oxygen atoms in total. The molecule has 0 aromatic carbocycles. The maximum Gasteiger partial charge on any atom is 0.0594 e. The molecule has 2 rings (SSSR count). The Balaban J connectivity index is 1.99. The van der Waals surface area contributed by atoms with Crippen molar-refractivity contribution in [2.75, 3.05) is 5.32 Å². The summed E-state index contributed by atoms with van der Waals surface area (Å²) in [6.07, 6.45) is 1.90. The summed E-state index contributed by atoms with van der Waals surface area (Å²) in [6, 6.07) is 4.15. The van der Waals surface area contributed by atoms with Crippen molar-refractivity contribution >= 4 is 17.0 Å².